The summed E-state index contributed by atoms with van der Waals surface area (Å²) in [5.74, 6) is -2.03. The molecule has 8 nitrogen and oxygen atoms in total. The lowest BCUT2D eigenvalue weighted by atomic mass is 10.2. The largest absolute Gasteiger partial charge is 0.386 e. The van der Waals surface area contributed by atoms with Crippen molar-refractivity contribution in [3.8, 4) is 0 Å². The van der Waals surface area contributed by atoms with Crippen LogP contribution in [0, 0.1) is 17.0 Å². The third kappa shape index (κ3) is 4.15. The van der Waals surface area contributed by atoms with Crippen LogP contribution in [0.4, 0.5) is 11.4 Å². The maximum atomic E-state index is 11.8. The molecule has 0 aliphatic rings. The van der Waals surface area contributed by atoms with Gasteiger partial charge in [0.1, 0.15) is 11.8 Å². The first kappa shape index (κ1) is 17.6. The van der Waals surface area contributed by atoms with Crippen molar-refractivity contribution in [1.29, 1.82) is 0 Å². The smallest absolute Gasteiger partial charge is 0.313 e. The fourth-order valence-corrected chi connectivity index (χ4v) is 2.92. The molecule has 126 valence electrons. The van der Waals surface area contributed by atoms with Gasteiger partial charge in [-0.15, -0.1) is 11.3 Å². The van der Waals surface area contributed by atoms with E-state index in [0.717, 1.165) is 5.56 Å². The number of carbonyl (C=O) groups is 2. The van der Waals surface area contributed by atoms with Crippen LogP contribution in [0.25, 0.3) is 0 Å². The zero-order valence-corrected chi connectivity index (χ0v) is 13.5. The van der Waals surface area contributed by atoms with Crippen molar-refractivity contribution in [1.82, 2.24) is 5.32 Å². The van der Waals surface area contributed by atoms with Gasteiger partial charge in [-0.1, -0.05) is 12.1 Å². The molecule has 0 aliphatic carbocycles. The number of nitrogens with one attached hydrogen (secondary N) is 2. The number of aliphatic hydroxyl groups excluding tert-OH is 1. The summed E-state index contributed by atoms with van der Waals surface area (Å²) >= 11 is 1.35. The van der Waals surface area contributed by atoms with E-state index in [2.05, 4.69) is 10.6 Å². The van der Waals surface area contributed by atoms with Crippen LogP contribution in [-0.4, -0.2) is 28.4 Å². The van der Waals surface area contributed by atoms with Gasteiger partial charge in [-0.05, 0) is 30.0 Å². The number of rotatable bonds is 5. The standard InChI is InChI=1S/C15H15N3O5S/c1-9-6-7-24-13(9)12(19)8-16-14(20)15(21)17-10-4-2-3-5-11(10)18(22)23/h2-7,12,19H,8H2,1H3,(H,16,20)(H,17,21). The van der Waals surface area contributed by atoms with E-state index < -0.39 is 22.8 Å². The molecule has 2 rings (SSSR count). The Kier molecular flexibility index (Phi) is 5.61. The normalized spacial score (nSPS) is 11.6. The second-order valence-electron chi connectivity index (χ2n) is 4.92. The van der Waals surface area contributed by atoms with Gasteiger partial charge in [0.05, 0.1) is 4.92 Å². The van der Waals surface area contributed by atoms with Crippen molar-refractivity contribution in [3.63, 3.8) is 0 Å². The summed E-state index contributed by atoms with van der Waals surface area (Å²) in [6.07, 6.45) is -0.923. The number of aliphatic hydroxyl groups is 1. The zero-order chi connectivity index (χ0) is 17.7. The number of amides is 2. The molecular formula is C15H15N3O5S. The average molecular weight is 349 g/mol. The Hall–Kier alpha value is -2.78. The topological polar surface area (TPSA) is 122 Å². The molecule has 1 heterocycles. The van der Waals surface area contributed by atoms with E-state index in [0.29, 0.717) is 4.88 Å². The van der Waals surface area contributed by atoms with Crippen molar-refractivity contribution < 1.29 is 19.6 Å². The molecule has 0 saturated carbocycles. The molecule has 2 aromatic rings. The molecule has 2 amide bonds. The van der Waals surface area contributed by atoms with Gasteiger partial charge in [-0.25, -0.2) is 0 Å². The summed E-state index contributed by atoms with van der Waals surface area (Å²) in [5.41, 5.74) is 0.510. The Morgan fingerprint density at radius 1 is 1.29 bits per heavy atom. The van der Waals surface area contributed by atoms with Gasteiger partial charge in [0, 0.05) is 17.5 Å². The number of thiophene rings is 1. The SMILES string of the molecule is Cc1ccsc1C(O)CNC(=O)C(=O)Nc1ccccc1[N+](=O)[O-]. The predicted octanol–water partition coefficient (Wildman–Crippen LogP) is 1.75. The van der Waals surface area contributed by atoms with Crippen molar-refractivity contribution >= 4 is 34.5 Å². The molecule has 1 aromatic carbocycles. The van der Waals surface area contributed by atoms with Gasteiger partial charge >= 0.3 is 11.8 Å². The molecule has 0 radical (unpaired) electrons. The fraction of sp³-hybridized carbons (Fsp3) is 0.200. The number of benzene rings is 1. The van der Waals surface area contributed by atoms with E-state index >= 15 is 0 Å². The van der Waals surface area contributed by atoms with Crippen LogP contribution in [0.1, 0.15) is 16.5 Å². The van der Waals surface area contributed by atoms with Gasteiger partial charge in [0.25, 0.3) is 5.69 Å². The number of hydrogen-bond acceptors (Lipinski definition) is 6. The van der Waals surface area contributed by atoms with Crippen molar-refractivity contribution in [3.05, 3.63) is 56.3 Å². The minimum Gasteiger partial charge on any atom is -0.386 e. The zero-order valence-electron chi connectivity index (χ0n) is 12.7. The van der Waals surface area contributed by atoms with Crippen LogP contribution in [0.3, 0.4) is 0 Å². The van der Waals surface area contributed by atoms with E-state index in [-0.39, 0.29) is 17.9 Å². The number of anilines is 1. The van der Waals surface area contributed by atoms with E-state index in [1.165, 1.54) is 35.6 Å². The average Bonchev–Trinajstić information content (AvgIpc) is 2.98. The lowest BCUT2D eigenvalue weighted by Gasteiger charge is -2.11. The summed E-state index contributed by atoms with van der Waals surface area (Å²) in [5, 5.41) is 27.2. The summed E-state index contributed by atoms with van der Waals surface area (Å²) < 4.78 is 0. The number of nitro groups is 1. The number of carbonyl (C=O) groups excluding carboxylic acids is 2. The summed E-state index contributed by atoms with van der Waals surface area (Å²) in [6.45, 7) is 1.70. The molecule has 1 aromatic heterocycles. The molecule has 24 heavy (non-hydrogen) atoms. The monoisotopic (exact) mass is 349 g/mol. The number of nitrogens with zero attached hydrogens (tertiary/aromatic N) is 1. The van der Waals surface area contributed by atoms with E-state index in [9.17, 15) is 24.8 Å². The van der Waals surface area contributed by atoms with Crippen LogP contribution in [0.15, 0.2) is 35.7 Å². The Bertz CT molecular complexity index is 774. The van der Waals surface area contributed by atoms with Crippen LogP contribution in [0.5, 0.6) is 0 Å². The highest BCUT2D eigenvalue weighted by Crippen LogP contribution is 2.24. The summed E-state index contributed by atoms with van der Waals surface area (Å²) in [6, 6.07) is 7.34. The predicted molar refractivity (Wildman–Crippen MR) is 88.8 cm³/mol. The van der Waals surface area contributed by atoms with Crippen LogP contribution in [0.2, 0.25) is 0 Å². The van der Waals surface area contributed by atoms with Gasteiger partial charge < -0.3 is 15.7 Å². The maximum absolute atomic E-state index is 11.8. The summed E-state index contributed by atoms with van der Waals surface area (Å²) in [7, 11) is 0. The molecule has 0 fully saturated rings. The second-order valence-corrected chi connectivity index (χ2v) is 5.87. The minimum absolute atomic E-state index is 0.0719. The second kappa shape index (κ2) is 7.66. The Morgan fingerprint density at radius 2 is 2.00 bits per heavy atom. The van der Waals surface area contributed by atoms with Crippen LogP contribution < -0.4 is 10.6 Å². The molecule has 0 spiro atoms. The summed E-state index contributed by atoms with van der Waals surface area (Å²) in [4.78, 5) is 34.5. The Morgan fingerprint density at radius 3 is 2.62 bits per heavy atom. The molecule has 1 atom stereocenters. The minimum atomic E-state index is -1.04. The molecule has 1 unspecified atom stereocenters. The number of nitro benzene ring substituents is 1. The number of hydrogen-bond donors (Lipinski definition) is 3. The lowest BCUT2D eigenvalue weighted by Crippen LogP contribution is -2.37. The van der Waals surface area contributed by atoms with Gasteiger partial charge in [0.15, 0.2) is 0 Å². The first-order valence-electron chi connectivity index (χ1n) is 6.94. The molecule has 9 heteroatoms. The van der Waals surface area contributed by atoms with E-state index in [4.69, 9.17) is 0 Å². The third-order valence-electron chi connectivity index (χ3n) is 3.22. The quantitative estimate of drug-likeness (QED) is 0.431. The highest BCUT2D eigenvalue weighted by molar-refractivity contribution is 7.10. The highest BCUT2D eigenvalue weighted by Gasteiger charge is 2.20. The maximum Gasteiger partial charge on any atom is 0.313 e. The fourth-order valence-electron chi connectivity index (χ4n) is 2.01. The molecule has 3 N–H and O–H groups in total. The number of para-hydroxylation sites is 2. The van der Waals surface area contributed by atoms with E-state index in [1.54, 1.807) is 0 Å². The van der Waals surface area contributed by atoms with Crippen molar-refractivity contribution in [2.24, 2.45) is 0 Å². The molecule has 0 saturated heterocycles. The van der Waals surface area contributed by atoms with E-state index in [1.807, 2.05) is 18.4 Å². The van der Waals surface area contributed by atoms with Crippen LogP contribution >= 0.6 is 11.3 Å². The van der Waals surface area contributed by atoms with Gasteiger partial charge in [-0.2, -0.15) is 0 Å². The van der Waals surface area contributed by atoms with Gasteiger partial charge in [-0.3, -0.25) is 19.7 Å². The first-order chi connectivity index (χ1) is 11.4. The van der Waals surface area contributed by atoms with Crippen molar-refractivity contribution in [2.45, 2.75) is 13.0 Å². The third-order valence-corrected chi connectivity index (χ3v) is 4.34. The molecule has 0 aliphatic heterocycles. The lowest BCUT2D eigenvalue weighted by molar-refractivity contribution is -0.383. The Labute approximate surface area is 141 Å². The van der Waals surface area contributed by atoms with Crippen LogP contribution in [-0.2, 0) is 9.59 Å². The Balaban J connectivity index is 1.95. The van der Waals surface area contributed by atoms with Crippen molar-refractivity contribution in [2.75, 3.05) is 11.9 Å². The number of aryl methyl sites for hydroxylation is 1. The van der Waals surface area contributed by atoms with Gasteiger partial charge in [0.2, 0.25) is 0 Å². The molecular weight excluding hydrogens is 334 g/mol. The highest BCUT2D eigenvalue weighted by atomic mass is 32.1. The first-order valence-corrected chi connectivity index (χ1v) is 7.82. The molecule has 0 bridgehead atoms.